The number of benzene rings is 3. The average molecular weight is 415 g/mol. The number of allylic oxidation sites excluding steroid dienone is 1. The second-order valence-corrected chi connectivity index (χ2v) is 7.35. The molecule has 0 bridgehead atoms. The summed E-state index contributed by atoms with van der Waals surface area (Å²) in [5.74, 6) is 0.304. The van der Waals surface area contributed by atoms with Crippen LogP contribution in [0.2, 0.25) is 0 Å². The Balaban J connectivity index is 1.77. The van der Waals surface area contributed by atoms with Crippen LogP contribution in [0.3, 0.4) is 0 Å². The molecule has 3 heteroatoms. The van der Waals surface area contributed by atoms with Crippen molar-refractivity contribution in [1.82, 2.24) is 0 Å². The summed E-state index contributed by atoms with van der Waals surface area (Å²) < 4.78 is 11.3. The molecule has 0 aliphatic rings. The summed E-state index contributed by atoms with van der Waals surface area (Å²) in [5.41, 5.74) is 4.51. The Bertz CT molecular complexity index is 975. The maximum absolute atomic E-state index is 12.5. The molecular weight excluding hydrogens is 384 g/mol. The predicted octanol–water partition coefficient (Wildman–Crippen LogP) is 6.72. The first-order valence-corrected chi connectivity index (χ1v) is 10.9. The molecule has 0 aliphatic carbocycles. The zero-order chi connectivity index (χ0) is 21.9. The van der Waals surface area contributed by atoms with Gasteiger partial charge in [-0.25, -0.2) is 4.79 Å². The predicted molar refractivity (Wildman–Crippen MR) is 127 cm³/mol. The van der Waals surface area contributed by atoms with Gasteiger partial charge in [-0.3, -0.25) is 0 Å². The van der Waals surface area contributed by atoms with Crippen LogP contribution < -0.4 is 4.74 Å². The van der Waals surface area contributed by atoms with Crippen LogP contribution in [0.1, 0.15) is 37.8 Å². The van der Waals surface area contributed by atoms with Gasteiger partial charge in [0.1, 0.15) is 5.75 Å². The highest BCUT2D eigenvalue weighted by Gasteiger charge is 2.22. The van der Waals surface area contributed by atoms with Crippen molar-refractivity contribution in [2.24, 2.45) is 0 Å². The van der Waals surface area contributed by atoms with Gasteiger partial charge in [0, 0.05) is 6.42 Å². The van der Waals surface area contributed by atoms with Crippen LogP contribution >= 0.6 is 0 Å². The van der Waals surface area contributed by atoms with E-state index in [0.717, 1.165) is 24.0 Å². The van der Waals surface area contributed by atoms with Crippen molar-refractivity contribution in [2.75, 3.05) is 6.61 Å². The molecule has 0 amide bonds. The van der Waals surface area contributed by atoms with Gasteiger partial charge in [0.2, 0.25) is 0 Å². The molecule has 0 saturated carbocycles. The molecule has 160 valence electrons. The molecule has 0 N–H and O–H groups in total. The van der Waals surface area contributed by atoms with Gasteiger partial charge in [-0.05, 0) is 47.7 Å². The number of hydrogen-bond acceptors (Lipinski definition) is 3. The van der Waals surface area contributed by atoms with Gasteiger partial charge in [0.15, 0.2) is 6.10 Å². The highest BCUT2D eigenvalue weighted by molar-refractivity contribution is 5.76. The summed E-state index contributed by atoms with van der Waals surface area (Å²) in [6, 6.07) is 26.1. The Labute approximate surface area is 185 Å². The van der Waals surface area contributed by atoms with Gasteiger partial charge in [0.05, 0.1) is 6.61 Å². The summed E-state index contributed by atoms with van der Waals surface area (Å²) in [4.78, 5) is 12.5. The van der Waals surface area contributed by atoms with Crippen molar-refractivity contribution < 1.29 is 14.3 Å². The van der Waals surface area contributed by atoms with Crippen molar-refractivity contribution in [2.45, 2.75) is 39.2 Å². The van der Waals surface area contributed by atoms with E-state index in [1.165, 1.54) is 11.1 Å². The van der Waals surface area contributed by atoms with Crippen LogP contribution in [-0.4, -0.2) is 18.7 Å². The molecule has 0 fully saturated rings. The normalized spacial score (nSPS) is 11.9. The van der Waals surface area contributed by atoms with Crippen LogP contribution in [0, 0.1) is 0 Å². The molecule has 3 aromatic rings. The van der Waals surface area contributed by atoms with E-state index in [1.807, 2.05) is 60.7 Å². The average Bonchev–Trinajstić information content (AvgIpc) is 2.80. The third-order valence-corrected chi connectivity index (χ3v) is 4.97. The number of unbranched alkanes of at least 4 members (excludes halogenated alkanes) is 1. The van der Waals surface area contributed by atoms with Crippen molar-refractivity contribution in [3.63, 3.8) is 0 Å². The number of ether oxygens (including phenoxy) is 2. The number of rotatable bonds is 10. The van der Waals surface area contributed by atoms with Gasteiger partial charge in [0.25, 0.3) is 0 Å². The number of esters is 1. The fraction of sp³-hybridized carbons (Fsp3) is 0.250. The fourth-order valence-electron chi connectivity index (χ4n) is 3.40. The standard InChI is InChI=1S/C28H30O3/c1-3-5-7-14-23-15-10-11-16-26(23)24-17-19-25(20-18-24)31-27(28(29)30-4-2)21-22-12-8-6-9-13-22/h6-20,27H,3-5,21H2,1-2H3/b14-7+. The summed E-state index contributed by atoms with van der Waals surface area (Å²) in [6.45, 7) is 4.31. The third-order valence-electron chi connectivity index (χ3n) is 4.97. The Morgan fingerprint density at radius 2 is 1.61 bits per heavy atom. The zero-order valence-corrected chi connectivity index (χ0v) is 18.3. The SMILES string of the molecule is CCC/C=C/c1ccccc1-c1ccc(OC(Cc2ccccc2)C(=O)OCC)cc1. The minimum Gasteiger partial charge on any atom is -0.478 e. The van der Waals surface area contributed by atoms with E-state index >= 15 is 0 Å². The van der Waals surface area contributed by atoms with Crippen molar-refractivity contribution in [1.29, 1.82) is 0 Å². The van der Waals surface area contributed by atoms with Crippen LogP contribution in [0.15, 0.2) is 84.9 Å². The van der Waals surface area contributed by atoms with Gasteiger partial charge in [-0.15, -0.1) is 0 Å². The first kappa shape index (κ1) is 22.4. The second-order valence-electron chi connectivity index (χ2n) is 7.35. The molecule has 0 spiro atoms. The smallest absolute Gasteiger partial charge is 0.347 e. The quantitative estimate of drug-likeness (QED) is 0.345. The van der Waals surface area contributed by atoms with Crippen LogP contribution in [0.4, 0.5) is 0 Å². The van der Waals surface area contributed by atoms with Crippen molar-refractivity contribution >= 4 is 12.0 Å². The Kier molecular flexibility index (Phi) is 8.48. The molecule has 0 radical (unpaired) electrons. The van der Waals surface area contributed by atoms with E-state index in [0.29, 0.717) is 18.8 Å². The van der Waals surface area contributed by atoms with E-state index < -0.39 is 6.10 Å². The van der Waals surface area contributed by atoms with Gasteiger partial charge < -0.3 is 9.47 Å². The molecule has 0 saturated heterocycles. The molecule has 0 heterocycles. The Morgan fingerprint density at radius 1 is 0.903 bits per heavy atom. The summed E-state index contributed by atoms with van der Waals surface area (Å²) >= 11 is 0. The lowest BCUT2D eigenvalue weighted by molar-refractivity contribution is -0.151. The van der Waals surface area contributed by atoms with E-state index in [9.17, 15) is 4.79 Å². The minimum absolute atomic E-state index is 0.328. The van der Waals surface area contributed by atoms with Gasteiger partial charge in [-0.2, -0.15) is 0 Å². The highest BCUT2D eigenvalue weighted by Crippen LogP contribution is 2.27. The molecule has 1 unspecified atom stereocenters. The number of hydrogen-bond donors (Lipinski definition) is 0. The lowest BCUT2D eigenvalue weighted by Gasteiger charge is -2.18. The molecule has 1 atom stereocenters. The van der Waals surface area contributed by atoms with Gasteiger partial charge >= 0.3 is 5.97 Å². The molecule has 0 aromatic heterocycles. The zero-order valence-electron chi connectivity index (χ0n) is 18.3. The summed E-state index contributed by atoms with van der Waals surface area (Å²) in [7, 11) is 0. The molecule has 3 nitrogen and oxygen atoms in total. The van der Waals surface area contributed by atoms with Crippen molar-refractivity contribution in [3.05, 3.63) is 96.1 Å². The molecule has 31 heavy (non-hydrogen) atoms. The number of carbonyl (C=O) groups excluding carboxylic acids is 1. The van der Waals surface area contributed by atoms with E-state index in [-0.39, 0.29) is 5.97 Å². The van der Waals surface area contributed by atoms with Crippen LogP contribution in [0.5, 0.6) is 5.75 Å². The Hall–Kier alpha value is -3.33. The number of carbonyl (C=O) groups is 1. The lowest BCUT2D eigenvalue weighted by atomic mass is 9.99. The highest BCUT2D eigenvalue weighted by atomic mass is 16.6. The summed E-state index contributed by atoms with van der Waals surface area (Å²) in [5, 5.41) is 0. The van der Waals surface area contributed by atoms with Crippen LogP contribution in [0.25, 0.3) is 17.2 Å². The third kappa shape index (κ3) is 6.58. The van der Waals surface area contributed by atoms with E-state index in [2.05, 4.69) is 37.3 Å². The monoisotopic (exact) mass is 414 g/mol. The van der Waals surface area contributed by atoms with E-state index in [4.69, 9.17) is 9.47 Å². The molecule has 3 rings (SSSR count). The topological polar surface area (TPSA) is 35.5 Å². The molecule has 0 aliphatic heterocycles. The van der Waals surface area contributed by atoms with Crippen LogP contribution in [-0.2, 0) is 16.0 Å². The molecular formula is C28H30O3. The minimum atomic E-state index is -0.683. The first-order chi connectivity index (χ1) is 15.2. The van der Waals surface area contributed by atoms with E-state index in [1.54, 1.807) is 6.92 Å². The maximum Gasteiger partial charge on any atom is 0.347 e. The maximum atomic E-state index is 12.5. The fourth-order valence-corrected chi connectivity index (χ4v) is 3.40. The lowest BCUT2D eigenvalue weighted by Crippen LogP contribution is -2.31. The van der Waals surface area contributed by atoms with Gasteiger partial charge in [-0.1, -0.05) is 92.2 Å². The summed E-state index contributed by atoms with van der Waals surface area (Å²) in [6.07, 6.45) is 6.38. The Morgan fingerprint density at radius 3 is 2.32 bits per heavy atom. The van der Waals surface area contributed by atoms with Crippen molar-refractivity contribution in [3.8, 4) is 16.9 Å². The first-order valence-electron chi connectivity index (χ1n) is 10.9. The largest absolute Gasteiger partial charge is 0.478 e. The molecule has 3 aromatic carbocycles. The second kappa shape index (κ2) is 11.8.